The third kappa shape index (κ3) is 4.42. The van der Waals surface area contributed by atoms with Gasteiger partial charge in [0.15, 0.2) is 0 Å². The van der Waals surface area contributed by atoms with Crippen molar-refractivity contribution in [2.24, 2.45) is 5.92 Å². The van der Waals surface area contributed by atoms with E-state index < -0.39 is 11.6 Å². The van der Waals surface area contributed by atoms with E-state index in [0.717, 1.165) is 12.8 Å². The van der Waals surface area contributed by atoms with E-state index in [4.69, 9.17) is 9.52 Å². The van der Waals surface area contributed by atoms with E-state index in [1.807, 2.05) is 0 Å². The number of aliphatic carboxylic acids is 1. The summed E-state index contributed by atoms with van der Waals surface area (Å²) in [4.78, 5) is 35.4. The Kier molecular flexibility index (Phi) is 5.10. The highest BCUT2D eigenvalue weighted by molar-refractivity contribution is 5.93. The predicted octanol–water partition coefficient (Wildman–Crippen LogP) is 0.166. The Morgan fingerprint density at radius 2 is 2.24 bits per heavy atom. The molecule has 1 aromatic rings. The maximum Gasteiger partial charge on any atom is 0.335 e. The second kappa shape index (κ2) is 7.03. The minimum Gasteiger partial charge on any atom is -0.480 e. The van der Waals surface area contributed by atoms with Crippen LogP contribution in [0.2, 0.25) is 0 Å². The Morgan fingerprint density at radius 1 is 1.43 bits per heavy atom. The molecule has 0 aromatic carbocycles. The van der Waals surface area contributed by atoms with Crippen molar-refractivity contribution < 1.29 is 19.1 Å². The lowest BCUT2D eigenvalue weighted by Crippen LogP contribution is -2.43. The smallest absolute Gasteiger partial charge is 0.335 e. The SMILES string of the molecule is O=C(O)CNCC1CCCN(C(=O)c2ccc(=O)oc2)C1. The summed E-state index contributed by atoms with van der Waals surface area (Å²) < 4.78 is 4.71. The Bertz CT molecular complexity index is 548. The average Bonchev–Trinajstić information content (AvgIpc) is 2.47. The first-order valence-corrected chi connectivity index (χ1v) is 6.87. The van der Waals surface area contributed by atoms with Gasteiger partial charge in [0, 0.05) is 25.7 Å². The fourth-order valence-electron chi connectivity index (χ4n) is 2.46. The van der Waals surface area contributed by atoms with Gasteiger partial charge in [-0.05, 0) is 24.8 Å². The van der Waals surface area contributed by atoms with E-state index in [1.54, 1.807) is 4.90 Å². The number of hydrogen-bond donors (Lipinski definition) is 2. The van der Waals surface area contributed by atoms with Gasteiger partial charge in [-0.3, -0.25) is 9.59 Å². The molecule has 0 bridgehead atoms. The molecule has 114 valence electrons. The van der Waals surface area contributed by atoms with Crippen LogP contribution in [0.1, 0.15) is 23.2 Å². The Morgan fingerprint density at radius 3 is 2.90 bits per heavy atom. The lowest BCUT2D eigenvalue weighted by atomic mass is 9.97. The number of carbonyl (C=O) groups is 2. The summed E-state index contributed by atoms with van der Waals surface area (Å²) in [7, 11) is 0. The van der Waals surface area contributed by atoms with Crippen LogP contribution in [-0.2, 0) is 4.79 Å². The average molecular weight is 294 g/mol. The molecule has 2 N–H and O–H groups in total. The minimum absolute atomic E-state index is 0.0751. The molecule has 0 spiro atoms. The molecule has 0 aliphatic carbocycles. The molecular weight excluding hydrogens is 276 g/mol. The molecule has 0 radical (unpaired) electrons. The molecule has 1 aliphatic heterocycles. The first kappa shape index (κ1) is 15.2. The van der Waals surface area contributed by atoms with Gasteiger partial charge < -0.3 is 19.7 Å². The van der Waals surface area contributed by atoms with Gasteiger partial charge in [-0.2, -0.15) is 0 Å². The van der Waals surface area contributed by atoms with E-state index in [0.29, 0.717) is 25.2 Å². The maximum absolute atomic E-state index is 12.3. The molecule has 7 nitrogen and oxygen atoms in total. The lowest BCUT2D eigenvalue weighted by molar-refractivity contribution is -0.136. The number of carboxylic acid groups (broad SMARTS) is 1. The topological polar surface area (TPSA) is 99.9 Å². The predicted molar refractivity (Wildman–Crippen MR) is 74.1 cm³/mol. The van der Waals surface area contributed by atoms with Gasteiger partial charge in [-0.15, -0.1) is 0 Å². The van der Waals surface area contributed by atoms with Crippen molar-refractivity contribution in [1.29, 1.82) is 0 Å². The number of nitrogens with one attached hydrogen (secondary N) is 1. The standard InChI is InChI=1S/C14H18N2O5/c17-12(18)7-15-6-10-2-1-5-16(8-10)14(20)11-3-4-13(19)21-9-11/h3-4,9-10,15H,1-2,5-8H2,(H,17,18). The number of rotatable bonds is 5. The normalized spacial score (nSPS) is 18.5. The van der Waals surface area contributed by atoms with Gasteiger partial charge in [0.1, 0.15) is 6.26 Å². The molecule has 1 fully saturated rings. The van der Waals surface area contributed by atoms with Gasteiger partial charge in [0.25, 0.3) is 5.91 Å². The molecule has 1 saturated heterocycles. The molecule has 7 heteroatoms. The molecule has 1 amide bonds. The van der Waals surface area contributed by atoms with Gasteiger partial charge in [-0.25, -0.2) is 4.79 Å². The summed E-state index contributed by atoms with van der Waals surface area (Å²) in [6.07, 6.45) is 3.01. The van der Waals surface area contributed by atoms with Crippen LogP contribution in [0.15, 0.2) is 27.6 Å². The van der Waals surface area contributed by atoms with Crippen molar-refractivity contribution in [3.8, 4) is 0 Å². The van der Waals surface area contributed by atoms with E-state index >= 15 is 0 Å². The van der Waals surface area contributed by atoms with Crippen LogP contribution in [0.5, 0.6) is 0 Å². The molecule has 1 atom stereocenters. The highest BCUT2D eigenvalue weighted by Gasteiger charge is 2.24. The van der Waals surface area contributed by atoms with Crippen molar-refractivity contribution in [1.82, 2.24) is 10.2 Å². The van der Waals surface area contributed by atoms with Crippen molar-refractivity contribution in [2.45, 2.75) is 12.8 Å². The maximum atomic E-state index is 12.3. The minimum atomic E-state index is -0.891. The van der Waals surface area contributed by atoms with E-state index in [-0.39, 0.29) is 18.4 Å². The van der Waals surface area contributed by atoms with Gasteiger partial charge in [0.05, 0.1) is 12.1 Å². The van der Waals surface area contributed by atoms with Crippen LogP contribution in [-0.4, -0.2) is 48.1 Å². The third-order valence-electron chi connectivity index (χ3n) is 3.46. The number of amides is 1. The quantitative estimate of drug-likeness (QED) is 0.803. The molecule has 0 saturated carbocycles. The number of likely N-dealkylation sites (tertiary alicyclic amines) is 1. The summed E-state index contributed by atoms with van der Waals surface area (Å²) in [6, 6.07) is 2.68. The van der Waals surface area contributed by atoms with Gasteiger partial charge >= 0.3 is 11.6 Å². The zero-order valence-electron chi connectivity index (χ0n) is 11.6. The summed E-state index contributed by atoms with van der Waals surface area (Å²) in [5.74, 6) is -0.822. The fourth-order valence-corrected chi connectivity index (χ4v) is 2.46. The second-order valence-corrected chi connectivity index (χ2v) is 5.13. The van der Waals surface area contributed by atoms with Gasteiger partial charge in [0.2, 0.25) is 0 Å². The first-order chi connectivity index (χ1) is 10.1. The van der Waals surface area contributed by atoms with E-state index in [1.165, 1.54) is 18.4 Å². The first-order valence-electron chi connectivity index (χ1n) is 6.87. The number of carbonyl (C=O) groups excluding carboxylic acids is 1. The van der Waals surface area contributed by atoms with Crippen molar-refractivity contribution in [3.63, 3.8) is 0 Å². The zero-order valence-corrected chi connectivity index (χ0v) is 11.6. The van der Waals surface area contributed by atoms with Crippen molar-refractivity contribution >= 4 is 11.9 Å². The van der Waals surface area contributed by atoms with Crippen LogP contribution >= 0.6 is 0 Å². The molecule has 1 aliphatic rings. The van der Waals surface area contributed by atoms with Crippen LogP contribution < -0.4 is 10.9 Å². The van der Waals surface area contributed by atoms with E-state index in [9.17, 15) is 14.4 Å². The van der Waals surface area contributed by atoms with Gasteiger partial charge in [-0.1, -0.05) is 0 Å². The lowest BCUT2D eigenvalue weighted by Gasteiger charge is -2.32. The molecule has 1 aromatic heterocycles. The van der Waals surface area contributed by atoms with Crippen LogP contribution in [0.25, 0.3) is 0 Å². The third-order valence-corrected chi connectivity index (χ3v) is 3.46. The number of piperidine rings is 1. The molecule has 1 unspecified atom stereocenters. The number of carboxylic acids is 1. The highest BCUT2D eigenvalue weighted by Crippen LogP contribution is 2.17. The van der Waals surface area contributed by atoms with E-state index in [2.05, 4.69) is 5.32 Å². The summed E-state index contributed by atoms with van der Waals surface area (Å²) in [5.41, 5.74) is -0.130. The zero-order chi connectivity index (χ0) is 15.2. The van der Waals surface area contributed by atoms with Crippen molar-refractivity contribution in [2.75, 3.05) is 26.2 Å². The molecule has 21 heavy (non-hydrogen) atoms. The molecular formula is C14H18N2O5. The summed E-state index contributed by atoms with van der Waals surface area (Å²) in [6.45, 7) is 1.73. The number of nitrogens with zero attached hydrogens (tertiary/aromatic N) is 1. The number of hydrogen-bond acceptors (Lipinski definition) is 5. The largest absolute Gasteiger partial charge is 0.480 e. The monoisotopic (exact) mass is 294 g/mol. The summed E-state index contributed by atoms with van der Waals surface area (Å²) in [5, 5.41) is 11.5. The van der Waals surface area contributed by atoms with Crippen LogP contribution in [0.3, 0.4) is 0 Å². The summed E-state index contributed by atoms with van der Waals surface area (Å²) >= 11 is 0. The Hall–Kier alpha value is -2.15. The molecule has 2 heterocycles. The van der Waals surface area contributed by atoms with Crippen LogP contribution in [0.4, 0.5) is 0 Å². The molecule has 2 rings (SSSR count). The van der Waals surface area contributed by atoms with Crippen molar-refractivity contribution in [3.05, 3.63) is 34.4 Å². The highest BCUT2D eigenvalue weighted by atomic mass is 16.4. The Labute approximate surface area is 121 Å². The fraction of sp³-hybridized carbons (Fsp3) is 0.500. The Balaban J connectivity index is 1.90. The van der Waals surface area contributed by atoms with Crippen LogP contribution in [0, 0.1) is 5.92 Å². The second-order valence-electron chi connectivity index (χ2n) is 5.13.